The molecule has 6 nitrogen and oxygen atoms in total. The molecular formula is C27H36N4O2. The number of aromatic nitrogens is 2. The maximum Gasteiger partial charge on any atom is 0.257 e. The Labute approximate surface area is 196 Å². The van der Waals surface area contributed by atoms with Crippen LogP contribution in [0.5, 0.6) is 5.75 Å². The predicted octanol–water partition coefficient (Wildman–Crippen LogP) is 5.39. The lowest BCUT2D eigenvalue weighted by atomic mass is 9.82. The highest BCUT2D eigenvalue weighted by molar-refractivity contribution is 6.00. The number of nitrogens with zero attached hydrogens (tertiary/aromatic N) is 2. The zero-order chi connectivity index (χ0) is 23.8. The van der Waals surface area contributed by atoms with Crippen molar-refractivity contribution in [3.63, 3.8) is 0 Å². The van der Waals surface area contributed by atoms with Gasteiger partial charge in [0.25, 0.3) is 5.91 Å². The summed E-state index contributed by atoms with van der Waals surface area (Å²) in [5, 5.41) is 21.6. The van der Waals surface area contributed by atoms with Gasteiger partial charge in [-0.15, -0.1) is 0 Å². The third-order valence-electron chi connectivity index (χ3n) is 7.41. The molecule has 1 amide bonds. The maximum atomic E-state index is 13.8. The summed E-state index contributed by atoms with van der Waals surface area (Å²) < 4.78 is 2.00. The second-order valence-electron chi connectivity index (χ2n) is 9.99. The number of hydrogen-bond acceptors (Lipinski definition) is 4. The van der Waals surface area contributed by atoms with Gasteiger partial charge in [0.15, 0.2) is 0 Å². The van der Waals surface area contributed by atoms with Gasteiger partial charge in [0.2, 0.25) is 0 Å². The van der Waals surface area contributed by atoms with Crippen LogP contribution in [0.4, 0.5) is 5.82 Å². The molecule has 0 bridgehead atoms. The van der Waals surface area contributed by atoms with Gasteiger partial charge in [-0.2, -0.15) is 5.10 Å². The molecule has 0 fully saturated rings. The van der Waals surface area contributed by atoms with Crippen LogP contribution in [0.2, 0.25) is 0 Å². The standard InChI is InChI=1S/C27H36N4O2/c1-6-27(7-2,20-13-15-21(32)16-14-20)29-25(33)23-18(3)30-31-24(23)28-22(17-26(31,4)5)19-11-9-8-10-12-19/h8-11,13-16,19,22,28,32H,6-7,12,17H2,1-5H3,(H,29,33)/t19?,22-/m1/s1. The molecule has 0 spiro atoms. The van der Waals surface area contributed by atoms with Crippen LogP contribution < -0.4 is 10.6 Å². The van der Waals surface area contributed by atoms with Crippen LogP contribution in [0.3, 0.4) is 0 Å². The molecule has 3 N–H and O–H groups in total. The van der Waals surface area contributed by atoms with Crippen LogP contribution >= 0.6 is 0 Å². The molecule has 0 saturated carbocycles. The molecule has 2 atom stereocenters. The summed E-state index contributed by atoms with van der Waals surface area (Å²) in [5.41, 5.74) is 1.62. The number of hydrogen-bond donors (Lipinski definition) is 3. The number of amides is 1. The number of fused-ring (bicyclic) bond motifs is 1. The number of nitrogens with one attached hydrogen (secondary N) is 2. The first kappa shape index (κ1) is 23.1. The van der Waals surface area contributed by atoms with E-state index in [1.807, 2.05) is 23.7 Å². The van der Waals surface area contributed by atoms with Gasteiger partial charge in [0.05, 0.1) is 16.8 Å². The van der Waals surface area contributed by atoms with Crippen LogP contribution in [0.15, 0.2) is 48.6 Å². The van der Waals surface area contributed by atoms with Crippen molar-refractivity contribution in [2.24, 2.45) is 5.92 Å². The number of anilines is 1. The smallest absolute Gasteiger partial charge is 0.257 e. The van der Waals surface area contributed by atoms with E-state index in [-0.39, 0.29) is 23.2 Å². The van der Waals surface area contributed by atoms with Crippen molar-refractivity contribution in [1.29, 1.82) is 0 Å². The number of carbonyl (C=O) groups excluding carboxylic acids is 1. The fourth-order valence-electron chi connectivity index (χ4n) is 5.35. The topological polar surface area (TPSA) is 79.2 Å². The van der Waals surface area contributed by atoms with Crippen molar-refractivity contribution in [1.82, 2.24) is 15.1 Å². The summed E-state index contributed by atoms with van der Waals surface area (Å²) in [6, 6.07) is 7.37. The van der Waals surface area contributed by atoms with Gasteiger partial charge in [-0.1, -0.05) is 50.3 Å². The molecule has 1 aromatic heterocycles. The van der Waals surface area contributed by atoms with E-state index < -0.39 is 5.54 Å². The van der Waals surface area contributed by atoms with Crippen LogP contribution in [-0.4, -0.2) is 26.8 Å². The molecule has 6 heteroatoms. The number of carbonyl (C=O) groups is 1. The third kappa shape index (κ3) is 4.19. The lowest BCUT2D eigenvalue weighted by Crippen LogP contribution is -2.47. The number of phenols is 1. The quantitative estimate of drug-likeness (QED) is 0.553. The fourth-order valence-corrected chi connectivity index (χ4v) is 5.35. The van der Waals surface area contributed by atoms with Crippen LogP contribution in [0, 0.1) is 12.8 Å². The fraction of sp³-hybridized carbons (Fsp3) is 0.481. The van der Waals surface area contributed by atoms with Gasteiger partial charge in [0.1, 0.15) is 17.1 Å². The van der Waals surface area contributed by atoms with E-state index in [4.69, 9.17) is 5.10 Å². The van der Waals surface area contributed by atoms with Crippen molar-refractivity contribution in [2.45, 2.75) is 77.4 Å². The summed E-state index contributed by atoms with van der Waals surface area (Å²) in [6.45, 7) is 10.5. The molecule has 4 rings (SSSR count). The van der Waals surface area contributed by atoms with Gasteiger partial charge in [0, 0.05) is 12.0 Å². The minimum absolute atomic E-state index is 0.117. The van der Waals surface area contributed by atoms with Gasteiger partial charge < -0.3 is 15.7 Å². The molecule has 1 unspecified atom stereocenters. The zero-order valence-corrected chi connectivity index (χ0v) is 20.4. The highest BCUT2D eigenvalue weighted by Gasteiger charge is 2.40. The Morgan fingerprint density at radius 2 is 1.94 bits per heavy atom. The number of aromatic hydroxyl groups is 1. The average molecular weight is 449 g/mol. The summed E-state index contributed by atoms with van der Waals surface area (Å²) in [4.78, 5) is 13.8. The van der Waals surface area contributed by atoms with Crippen molar-refractivity contribution in [3.8, 4) is 5.75 Å². The second kappa shape index (κ2) is 8.73. The average Bonchev–Trinajstić information content (AvgIpc) is 3.15. The molecule has 176 valence electrons. The summed E-state index contributed by atoms with van der Waals surface area (Å²) in [7, 11) is 0. The van der Waals surface area contributed by atoms with E-state index in [2.05, 4.69) is 62.6 Å². The van der Waals surface area contributed by atoms with Crippen molar-refractivity contribution < 1.29 is 9.90 Å². The molecule has 0 saturated heterocycles. The van der Waals surface area contributed by atoms with E-state index >= 15 is 0 Å². The SMILES string of the molecule is CCC(CC)(NC(=O)c1c(C)nn2c1N[C@@H](C1C=CC=CC1)CC2(C)C)c1ccc(O)cc1. The van der Waals surface area contributed by atoms with Crippen LogP contribution in [0.1, 0.15) is 75.0 Å². The Morgan fingerprint density at radius 3 is 2.55 bits per heavy atom. The van der Waals surface area contributed by atoms with Crippen molar-refractivity contribution >= 4 is 11.7 Å². The lowest BCUT2D eigenvalue weighted by molar-refractivity contribution is 0.0889. The van der Waals surface area contributed by atoms with E-state index in [1.54, 1.807) is 12.1 Å². The summed E-state index contributed by atoms with van der Waals surface area (Å²) in [6.07, 6.45) is 12.1. The van der Waals surface area contributed by atoms with Gasteiger partial charge in [-0.3, -0.25) is 4.79 Å². The van der Waals surface area contributed by atoms with Gasteiger partial charge in [-0.25, -0.2) is 4.68 Å². The number of aryl methyl sites for hydroxylation is 1. The number of allylic oxidation sites excluding steroid dienone is 3. The number of rotatable bonds is 6. The minimum Gasteiger partial charge on any atom is -0.508 e. The monoisotopic (exact) mass is 448 g/mol. The zero-order valence-electron chi connectivity index (χ0n) is 20.4. The van der Waals surface area contributed by atoms with E-state index in [0.717, 1.165) is 42.8 Å². The third-order valence-corrected chi connectivity index (χ3v) is 7.41. The Hall–Kier alpha value is -3.02. The van der Waals surface area contributed by atoms with Crippen LogP contribution in [-0.2, 0) is 11.1 Å². The number of benzene rings is 1. The van der Waals surface area contributed by atoms with E-state index in [9.17, 15) is 9.90 Å². The van der Waals surface area contributed by atoms with Crippen molar-refractivity contribution in [2.75, 3.05) is 5.32 Å². The normalized spacial score (nSPS) is 21.4. The Kier molecular flexibility index (Phi) is 6.12. The molecule has 1 aliphatic carbocycles. The highest BCUT2D eigenvalue weighted by Crippen LogP contribution is 2.39. The second-order valence-corrected chi connectivity index (χ2v) is 9.99. The van der Waals surface area contributed by atoms with Gasteiger partial charge in [-0.05, 0) is 64.2 Å². The largest absolute Gasteiger partial charge is 0.508 e. The first-order valence-electron chi connectivity index (χ1n) is 12.0. The summed E-state index contributed by atoms with van der Waals surface area (Å²) in [5.74, 6) is 1.29. The summed E-state index contributed by atoms with van der Waals surface area (Å²) >= 11 is 0. The maximum absolute atomic E-state index is 13.8. The van der Waals surface area contributed by atoms with E-state index in [1.165, 1.54) is 0 Å². The first-order valence-corrected chi connectivity index (χ1v) is 12.0. The minimum atomic E-state index is -0.521. The van der Waals surface area contributed by atoms with Gasteiger partial charge >= 0.3 is 0 Å². The molecule has 1 aromatic carbocycles. The Morgan fingerprint density at radius 1 is 1.24 bits per heavy atom. The number of phenolic OH excluding ortho intramolecular Hbond substituents is 1. The predicted molar refractivity (Wildman–Crippen MR) is 133 cm³/mol. The molecule has 1 aliphatic heterocycles. The molecule has 2 aliphatic rings. The highest BCUT2D eigenvalue weighted by atomic mass is 16.3. The first-order chi connectivity index (χ1) is 15.7. The molecule has 0 radical (unpaired) electrons. The Balaban J connectivity index is 1.69. The Bertz CT molecular complexity index is 1070. The molecule has 2 heterocycles. The molecule has 33 heavy (non-hydrogen) atoms. The molecular weight excluding hydrogens is 412 g/mol. The van der Waals surface area contributed by atoms with Crippen molar-refractivity contribution in [3.05, 3.63) is 65.4 Å². The van der Waals surface area contributed by atoms with E-state index in [0.29, 0.717) is 11.5 Å². The van der Waals surface area contributed by atoms with Crippen LogP contribution in [0.25, 0.3) is 0 Å². The lowest BCUT2D eigenvalue weighted by Gasteiger charge is -2.41. The molecule has 2 aromatic rings.